The molecule has 2 aromatic heterocycles. The van der Waals surface area contributed by atoms with E-state index in [-0.39, 0.29) is 29.4 Å². The molecule has 2 N–H and O–H groups in total. The summed E-state index contributed by atoms with van der Waals surface area (Å²) in [7, 11) is 0. The van der Waals surface area contributed by atoms with Crippen LogP contribution >= 0.6 is 0 Å². The molecule has 0 aliphatic carbocycles. The van der Waals surface area contributed by atoms with E-state index in [0.29, 0.717) is 49.9 Å². The van der Waals surface area contributed by atoms with Crippen molar-refractivity contribution in [2.75, 3.05) is 91.9 Å². The smallest absolute Gasteiger partial charge is 0.293 e. The zero-order valence-corrected chi connectivity index (χ0v) is 50.6. The Hall–Kier alpha value is -9.46. The molecule has 4 aliphatic rings. The summed E-state index contributed by atoms with van der Waals surface area (Å²) in [5.74, 6) is 14.1. The summed E-state index contributed by atoms with van der Waals surface area (Å²) in [5, 5.41) is 28.8. The molecular formula is C74H74N10O6. The van der Waals surface area contributed by atoms with Gasteiger partial charge in [0.25, 0.3) is 11.4 Å². The van der Waals surface area contributed by atoms with Crippen LogP contribution in [0.1, 0.15) is 78.9 Å². The Morgan fingerprint density at radius 1 is 0.511 bits per heavy atom. The van der Waals surface area contributed by atoms with Crippen LogP contribution in [0, 0.1) is 58.2 Å². The van der Waals surface area contributed by atoms with Crippen molar-refractivity contribution in [1.29, 1.82) is 10.5 Å². The largest absolute Gasteiger partial charge is 0.502 e. The van der Waals surface area contributed by atoms with Gasteiger partial charge in [0.15, 0.2) is 0 Å². The first kappa shape index (κ1) is 62.2. The lowest BCUT2D eigenvalue weighted by molar-refractivity contribution is 0.0341. The van der Waals surface area contributed by atoms with Gasteiger partial charge in [0, 0.05) is 125 Å². The van der Waals surface area contributed by atoms with Gasteiger partial charge in [-0.05, 0) is 81.9 Å². The summed E-state index contributed by atoms with van der Waals surface area (Å²) in [4.78, 5) is 37.1. The van der Waals surface area contributed by atoms with Crippen LogP contribution in [0.5, 0.6) is 17.4 Å². The maximum absolute atomic E-state index is 11.9. The summed E-state index contributed by atoms with van der Waals surface area (Å²) < 4.78 is 23.6. The van der Waals surface area contributed by atoms with Gasteiger partial charge in [0.05, 0.1) is 68.1 Å². The standard InChI is InChI=1S/C44H43N5O3.C30H31N5O3/c45-26-39-28-49(29-39)30-41(40-19-17-35(18-20-40)12-11-34-13-15-36(16-14-34)27-48-21-23-50-24-22-48)25-42-43(51-31-37-7-3-1-4-8-37)44(47-33-46-42)52-32-38-9-5-2-6-10-38;31-16-25-18-35(19-25)20-27(15-28-29(36)30(37)33-21-32-28)26-9-7-23(8-10-26)2-1-22-3-5-24(6-4-22)17-34-11-13-38-14-12-34/h1-10,13-20,33,39,41H,21-25,27-32H2;3-10,21,25,27,36H,11-15,17-20H2,(H,32,33,37)/t41-;27-/m11/s1. The van der Waals surface area contributed by atoms with E-state index in [9.17, 15) is 15.2 Å². The molecule has 12 rings (SSSR count). The van der Waals surface area contributed by atoms with Crippen LogP contribution in [0.2, 0.25) is 0 Å². The van der Waals surface area contributed by atoms with Crippen LogP contribution < -0.4 is 15.0 Å². The third kappa shape index (κ3) is 17.9. The predicted molar refractivity (Wildman–Crippen MR) is 344 cm³/mol. The minimum absolute atomic E-state index is 0.0101. The summed E-state index contributed by atoms with van der Waals surface area (Å²) in [6, 6.07) is 58.4. The van der Waals surface area contributed by atoms with Crippen molar-refractivity contribution >= 4 is 0 Å². The molecule has 0 spiro atoms. The molecule has 4 aliphatic heterocycles. The maximum Gasteiger partial charge on any atom is 0.293 e. The van der Waals surface area contributed by atoms with Gasteiger partial charge in [0.1, 0.15) is 19.5 Å². The second kappa shape index (κ2) is 31.6. The first-order chi connectivity index (χ1) is 44.2. The number of ether oxygens (including phenoxy) is 4. The highest BCUT2D eigenvalue weighted by Gasteiger charge is 2.32. The van der Waals surface area contributed by atoms with E-state index in [1.807, 2.05) is 84.9 Å². The molecule has 2 atom stereocenters. The van der Waals surface area contributed by atoms with Crippen molar-refractivity contribution in [3.8, 4) is 53.2 Å². The third-order valence-corrected chi connectivity index (χ3v) is 16.7. The van der Waals surface area contributed by atoms with Crippen LogP contribution in [0.3, 0.4) is 0 Å². The minimum Gasteiger partial charge on any atom is -0.502 e. The molecule has 0 amide bonds. The maximum atomic E-state index is 11.9. The quantitative estimate of drug-likeness (QED) is 0.0687. The first-order valence-electron chi connectivity index (χ1n) is 30.9. The predicted octanol–water partition coefficient (Wildman–Crippen LogP) is 9.14. The van der Waals surface area contributed by atoms with E-state index in [1.165, 1.54) is 23.0 Å². The Morgan fingerprint density at radius 3 is 1.38 bits per heavy atom. The number of hydrogen-bond donors (Lipinski definition) is 2. The van der Waals surface area contributed by atoms with Gasteiger partial charge < -0.3 is 38.8 Å². The van der Waals surface area contributed by atoms with E-state index in [4.69, 9.17) is 29.2 Å². The van der Waals surface area contributed by atoms with Crippen molar-refractivity contribution in [2.24, 2.45) is 11.8 Å². The number of nitrogens with zero attached hydrogens (tertiary/aromatic N) is 9. The molecular weight excluding hydrogens is 1120 g/mol. The number of hydrogen-bond acceptors (Lipinski definition) is 15. The van der Waals surface area contributed by atoms with Crippen molar-refractivity contribution in [1.82, 2.24) is 39.5 Å². The van der Waals surface area contributed by atoms with Gasteiger partial charge in [-0.25, -0.2) is 9.97 Å². The van der Waals surface area contributed by atoms with Crippen LogP contribution in [-0.4, -0.2) is 137 Å². The second-order valence-electron chi connectivity index (χ2n) is 23.3. The van der Waals surface area contributed by atoms with Crippen LogP contribution in [0.25, 0.3) is 0 Å². The number of nitriles is 2. The van der Waals surface area contributed by atoms with Gasteiger partial charge in [-0.2, -0.15) is 15.5 Å². The number of rotatable bonds is 20. The lowest BCUT2D eigenvalue weighted by Gasteiger charge is -2.38. The molecule has 0 radical (unpaired) electrons. The fourth-order valence-corrected chi connectivity index (χ4v) is 11.5. The van der Waals surface area contributed by atoms with Crippen LogP contribution in [-0.2, 0) is 48.6 Å². The van der Waals surface area contributed by atoms with Crippen LogP contribution in [0.15, 0.2) is 175 Å². The minimum atomic E-state index is -0.540. The molecule has 4 saturated heterocycles. The number of H-pyrrole nitrogens is 1. The molecule has 6 heterocycles. The highest BCUT2D eigenvalue weighted by Crippen LogP contribution is 2.35. The summed E-state index contributed by atoms with van der Waals surface area (Å²) in [6.07, 6.45) is 3.91. The molecule has 8 aromatic rings. The van der Waals surface area contributed by atoms with E-state index in [1.54, 1.807) is 6.33 Å². The Balaban J connectivity index is 0.000000195. The number of likely N-dealkylation sites (tertiary alicyclic amines) is 2. The van der Waals surface area contributed by atoms with Crippen molar-refractivity contribution in [2.45, 2.75) is 51.0 Å². The average molecular weight is 1200 g/mol. The fourth-order valence-electron chi connectivity index (χ4n) is 11.5. The molecule has 456 valence electrons. The van der Waals surface area contributed by atoms with Gasteiger partial charge in [-0.3, -0.25) is 14.6 Å². The SMILES string of the molecule is N#CC1CN(C[C@@H](Cc2nc[nH]c(=O)c2O)c2ccc(C#Cc3ccc(CN4CCOCC4)cc3)cc2)C1.N#CC1CN(C[C@@H](Cc2ncnc(OCc3ccccc3)c2OCc2ccccc2)c2ccc(C#Cc3ccc(CN4CCOCC4)cc3)cc2)C1. The third-order valence-electron chi connectivity index (χ3n) is 16.7. The number of aromatic hydroxyl groups is 1. The van der Waals surface area contributed by atoms with Crippen LogP contribution in [0.4, 0.5) is 0 Å². The number of morpholine rings is 2. The summed E-state index contributed by atoms with van der Waals surface area (Å²) >= 11 is 0. The average Bonchev–Trinajstić information content (AvgIpc) is 3.41. The highest BCUT2D eigenvalue weighted by molar-refractivity contribution is 5.47. The van der Waals surface area contributed by atoms with Crippen molar-refractivity contribution in [3.63, 3.8) is 0 Å². The van der Waals surface area contributed by atoms with Gasteiger partial charge in [-0.1, -0.05) is 133 Å². The van der Waals surface area contributed by atoms with Gasteiger partial charge >= 0.3 is 0 Å². The fraction of sp³-hybridized carbons (Fsp3) is 0.324. The normalized spacial score (nSPS) is 16.2. The molecule has 90 heavy (non-hydrogen) atoms. The van der Waals surface area contributed by atoms with Gasteiger partial charge in [0.2, 0.25) is 11.5 Å². The molecule has 6 aromatic carbocycles. The lowest BCUT2D eigenvalue weighted by Crippen LogP contribution is -2.47. The zero-order valence-electron chi connectivity index (χ0n) is 50.6. The van der Waals surface area contributed by atoms with Gasteiger partial charge in [-0.15, -0.1) is 0 Å². The number of aromatic amines is 1. The van der Waals surface area contributed by atoms with E-state index in [2.05, 4.69) is 143 Å². The molecule has 0 bridgehead atoms. The van der Waals surface area contributed by atoms with E-state index in [0.717, 1.165) is 143 Å². The number of aromatic nitrogens is 4. The molecule has 4 fully saturated rings. The van der Waals surface area contributed by atoms with E-state index < -0.39 is 5.56 Å². The summed E-state index contributed by atoms with van der Waals surface area (Å²) in [5.41, 5.74) is 11.4. The first-order valence-corrected chi connectivity index (χ1v) is 30.9. The number of nitrogens with one attached hydrogen (secondary N) is 1. The number of benzene rings is 6. The molecule has 16 nitrogen and oxygen atoms in total. The molecule has 0 saturated carbocycles. The Bertz CT molecular complexity index is 3870. The Morgan fingerprint density at radius 2 is 0.933 bits per heavy atom. The Labute approximate surface area is 527 Å². The lowest BCUT2D eigenvalue weighted by atomic mass is 9.90. The second-order valence-corrected chi connectivity index (χ2v) is 23.3. The zero-order chi connectivity index (χ0) is 61.7. The summed E-state index contributed by atoms with van der Waals surface area (Å²) in [6.45, 7) is 14.2. The monoisotopic (exact) mass is 1200 g/mol. The van der Waals surface area contributed by atoms with Crippen molar-refractivity contribution < 1.29 is 24.1 Å². The van der Waals surface area contributed by atoms with Crippen molar-refractivity contribution in [3.05, 3.63) is 248 Å². The van der Waals surface area contributed by atoms with E-state index >= 15 is 0 Å². The topological polar surface area (TPSA) is 189 Å². The molecule has 16 heteroatoms. The highest BCUT2D eigenvalue weighted by atomic mass is 16.5. The Kier molecular flexibility index (Phi) is 21.8. The molecule has 0 unspecified atom stereocenters.